The number of para-hydroxylation sites is 1. The fraction of sp³-hybridized carbons (Fsp3) is 0.381. The van der Waals surface area contributed by atoms with Crippen molar-refractivity contribution in [1.82, 2.24) is 5.32 Å². The Bertz CT molecular complexity index is 669. The number of hydrogen-bond donors (Lipinski definition) is 1. The third-order valence-electron chi connectivity index (χ3n) is 4.79. The Hall–Kier alpha value is -2.29. The van der Waals surface area contributed by atoms with Crippen LogP contribution in [0.3, 0.4) is 0 Å². The average molecular weight is 322 g/mol. The molecule has 126 valence electrons. The first kappa shape index (κ1) is 16.6. The molecule has 1 aliphatic rings. The molecule has 0 aliphatic carbocycles. The second kappa shape index (κ2) is 8.00. The summed E-state index contributed by atoms with van der Waals surface area (Å²) < 4.78 is 0. The van der Waals surface area contributed by atoms with Gasteiger partial charge in [-0.2, -0.15) is 0 Å². The number of amides is 1. The number of nitrogens with one attached hydrogen (secondary N) is 1. The maximum atomic E-state index is 12.3. The van der Waals surface area contributed by atoms with Crippen LogP contribution in [0.4, 0.5) is 5.69 Å². The molecule has 0 spiro atoms. The first-order valence-electron chi connectivity index (χ1n) is 8.89. The zero-order chi connectivity index (χ0) is 16.8. The smallest absolute Gasteiger partial charge is 0.239 e. The monoisotopic (exact) mass is 322 g/mol. The molecule has 0 bridgehead atoms. The van der Waals surface area contributed by atoms with Crippen LogP contribution < -0.4 is 10.2 Å². The lowest BCUT2D eigenvalue weighted by molar-refractivity contribution is -0.119. The standard InChI is InChI=1S/C21H26N2O/c1-17-13-14-19-11-5-6-12-20(19)23(17)16-21(24)22-15-7-10-18-8-3-2-4-9-18/h2-6,8-9,11-12,17H,7,10,13-16H2,1H3,(H,22,24). The van der Waals surface area contributed by atoms with Crippen molar-refractivity contribution in [3.8, 4) is 0 Å². The molecular formula is C21H26N2O. The minimum Gasteiger partial charge on any atom is -0.359 e. The maximum absolute atomic E-state index is 12.3. The van der Waals surface area contributed by atoms with Gasteiger partial charge in [0, 0.05) is 18.3 Å². The van der Waals surface area contributed by atoms with Gasteiger partial charge in [-0.05, 0) is 49.8 Å². The molecule has 2 aromatic carbocycles. The van der Waals surface area contributed by atoms with Crippen molar-refractivity contribution in [3.63, 3.8) is 0 Å². The number of aryl methyl sites for hydroxylation is 2. The SMILES string of the molecule is CC1CCc2ccccc2N1CC(=O)NCCCc1ccccc1. The van der Waals surface area contributed by atoms with Crippen LogP contribution in [0.1, 0.15) is 30.9 Å². The third kappa shape index (κ3) is 4.16. The number of benzene rings is 2. The van der Waals surface area contributed by atoms with Gasteiger partial charge in [0.25, 0.3) is 0 Å². The molecule has 0 radical (unpaired) electrons. The molecule has 3 rings (SSSR count). The predicted molar refractivity (Wildman–Crippen MR) is 99.3 cm³/mol. The van der Waals surface area contributed by atoms with Crippen LogP contribution in [0, 0.1) is 0 Å². The molecule has 1 unspecified atom stereocenters. The van der Waals surface area contributed by atoms with Gasteiger partial charge in [-0.25, -0.2) is 0 Å². The summed E-state index contributed by atoms with van der Waals surface area (Å²) in [6, 6.07) is 19.3. The second-order valence-electron chi connectivity index (χ2n) is 6.58. The van der Waals surface area contributed by atoms with Gasteiger partial charge in [0.05, 0.1) is 6.54 Å². The van der Waals surface area contributed by atoms with E-state index >= 15 is 0 Å². The summed E-state index contributed by atoms with van der Waals surface area (Å²) in [7, 11) is 0. The highest BCUT2D eigenvalue weighted by Crippen LogP contribution is 2.29. The molecule has 0 saturated carbocycles. The number of carbonyl (C=O) groups is 1. The maximum Gasteiger partial charge on any atom is 0.239 e. The fourth-order valence-electron chi connectivity index (χ4n) is 3.38. The van der Waals surface area contributed by atoms with Crippen molar-refractivity contribution in [2.24, 2.45) is 0 Å². The lowest BCUT2D eigenvalue weighted by Gasteiger charge is -2.36. The average Bonchev–Trinajstić information content (AvgIpc) is 2.62. The highest BCUT2D eigenvalue weighted by Gasteiger charge is 2.24. The molecule has 1 N–H and O–H groups in total. The molecular weight excluding hydrogens is 296 g/mol. The molecule has 1 aliphatic heterocycles. The van der Waals surface area contributed by atoms with E-state index in [-0.39, 0.29) is 5.91 Å². The summed E-state index contributed by atoms with van der Waals surface area (Å²) >= 11 is 0. The molecule has 1 heterocycles. The highest BCUT2D eigenvalue weighted by molar-refractivity contribution is 5.82. The number of anilines is 1. The normalized spacial score (nSPS) is 16.5. The zero-order valence-electron chi connectivity index (χ0n) is 14.4. The molecule has 2 aromatic rings. The van der Waals surface area contributed by atoms with Gasteiger partial charge >= 0.3 is 0 Å². The van der Waals surface area contributed by atoms with Gasteiger partial charge < -0.3 is 10.2 Å². The van der Waals surface area contributed by atoms with Gasteiger partial charge in [-0.3, -0.25) is 4.79 Å². The van der Waals surface area contributed by atoms with E-state index in [1.54, 1.807) is 0 Å². The molecule has 1 atom stereocenters. The van der Waals surface area contributed by atoms with E-state index in [2.05, 4.69) is 65.7 Å². The largest absolute Gasteiger partial charge is 0.359 e. The van der Waals surface area contributed by atoms with Crippen molar-refractivity contribution in [1.29, 1.82) is 0 Å². The molecule has 3 nitrogen and oxygen atoms in total. The van der Waals surface area contributed by atoms with Crippen molar-refractivity contribution >= 4 is 11.6 Å². The van der Waals surface area contributed by atoms with E-state index < -0.39 is 0 Å². The van der Waals surface area contributed by atoms with Crippen LogP contribution in [0.25, 0.3) is 0 Å². The number of fused-ring (bicyclic) bond motifs is 1. The minimum absolute atomic E-state index is 0.117. The molecule has 3 heteroatoms. The van der Waals surface area contributed by atoms with E-state index in [0.717, 1.165) is 32.2 Å². The number of nitrogens with zero attached hydrogens (tertiary/aromatic N) is 1. The third-order valence-corrected chi connectivity index (χ3v) is 4.79. The molecule has 1 amide bonds. The number of carbonyl (C=O) groups excluding carboxylic acids is 1. The van der Waals surface area contributed by atoms with Gasteiger partial charge in [-0.15, -0.1) is 0 Å². The lowest BCUT2D eigenvalue weighted by Crippen LogP contribution is -2.44. The summed E-state index contributed by atoms with van der Waals surface area (Å²) in [6.07, 6.45) is 4.19. The summed E-state index contributed by atoms with van der Waals surface area (Å²) in [6.45, 7) is 3.39. The van der Waals surface area contributed by atoms with Crippen LogP contribution in [-0.4, -0.2) is 25.0 Å². The van der Waals surface area contributed by atoms with Gasteiger partial charge in [-0.1, -0.05) is 48.5 Å². The molecule has 0 aromatic heterocycles. The quantitative estimate of drug-likeness (QED) is 0.825. The summed E-state index contributed by atoms with van der Waals surface area (Å²) in [4.78, 5) is 14.6. The Morgan fingerprint density at radius 1 is 1.12 bits per heavy atom. The first-order valence-corrected chi connectivity index (χ1v) is 8.89. The van der Waals surface area contributed by atoms with Crippen LogP contribution in [0.15, 0.2) is 54.6 Å². The predicted octanol–water partition coefficient (Wildman–Crippen LogP) is 3.58. The van der Waals surface area contributed by atoms with Crippen molar-refractivity contribution in [2.75, 3.05) is 18.0 Å². The summed E-state index contributed by atoms with van der Waals surface area (Å²) in [5.74, 6) is 0.117. The Morgan fingerprint density at radius 3 is 2.71 bits per heavy atom. The minimum atomic E-state index is 0.117. The van der Waals surface area contributed by atoms with Crippen molar-refractivity contribution in [3.05, 3.63) is 65.7 Å². The van der Waals surface area contributed by atoms with Crippen molar-refractivity contribution < 1.29 is 4.79 Å². The zero-order valence-corrected chi connectivity index (χ0v) is 14.4. The highest BCUT2D eigenvalue weighted by atomic mass is 16.2. The van der Waals surface area contributed by atoms with E-state index in [9.17, 15) is 4.79 Å². The van der Waals surface area contributed by atoms with E-state index in [4.69, 9.17) is 0 Å². The Kier molecular flexibility index (Phi) is 5.52. The Labute approximate surface area is 144 Å². The lowest BCUT2D eigenvalue weighted by atomic mass is 9.96. The van der Waals surface area contributed by atoms with Crippen LogP contribution in [0.5, 0.6) is 0 Å². The van der Waals surface area contributed by atoms with Crippen LogP contribution in [0.2, 0.25) is 0 Å². The topological polar surface area (TPSA) is 32.3 Å². The van der Waals surface area contributed by atoms with Crippen LogP contribution in [-0.2, 0) is 17.6 Å². The first-order chi connectivity index (χ1) is 11.7. The number of hydrogen-bond acceptors (Lipinski definition) is 2. The van der Waals surface area contributed by atoms with Gasteiger partial charge in [0.15, 0.2) is 0 Å². The Balaban J connectivity index is 1.48. The van der Waals surface area contributed by atoms with Gasteiger partial charge in [0.2, 0.25) is 5.91 Å². The Morgan fingerprint density at radius 2 is 1.88 bits per heavy atom. The summed E-state index contributed by atoms with van der Waals surface area (Å²) in [5.41, 5.74) is 3.90. The second-order valence-corrected chi connectivity index (χ2v) is 6.58. The fourth-order valence-corrected chi connectivity index (χ4v) is 3.38. The van der Waals surface area contributed by atoms with Crippen molar-refractivity contribution in [2.45, 2.75) is 38.6 Å². The molecule has 24 heavy (non-hydrogen) atoms. The van der Waals surface area contributed by atoms with E-state index in [1.807, 2.05) is 6.07 Å². The molecule has 0 fully saturated rings. The van der Waals surface area contributed by atoms with Crippen LogP contribution >= 0.6 is 0 Å². The molecule has 0 saturated heterocycles. The van der Waals surface area contributed by atoms with E-state index in [1.165, 1.54) is 16.8 Å². The van der Waals surface area contributed by atoms with E-state index in [0.29, 0.717) is 12.6 Å². The summed E-state index contributed by atoms with van der Waals surface area (Å²) in [5, 5.41) is 3.07. The van der Waals surface area contributed by atoms with Gasteiger partial charge in [0.1, 0.15) is 0 Å². The number of rotatable bonds is 6.